The standard InChI is InChI=1S/C30H24ClFN2O4/c1-37-21-12-7-18(8-13-21)28-27(29(35)33-19-9-16-26(32)25(31)17-19)23-5-3-4-6-24(23)30(36)34(28)20-10-14-22(38-2)15-11-20/h3-17,27-28H,1-2H3,(H,33,35)/t27-,28+/m0/s1. The zero-order valence-electron chi connectivity index (χ0n) is 20.7. The number of fused-ring (bicyclic) bond motifs is 1. The number of benzene rings is 4. The molecular weight excluding hydrogens is 507 g/mol. The molecule has 1 aliphatic rings. The quantitative estimate of drug-likeness (QED) is 0.304. The number of carbonyl (C=O) groups excluding carboxylic acids is 2. The monoisotopic (exact) mass is 530 g/mol. The van der Waals surface area contributed by atoms with Crippen molar-refractivity contribution >= 4 is 34.8 Å². The van der Waals surface area contributed by atoms with Gasteiger partial charge in [0.15, 0.2) is 0 Å². The number of ether oxygens (including phenoxy) is 2. The predicted molar refractivity (Wildman–Crippen MR) is 145 cm³/mol. The third-order valence-electron chi connectivity index (χ3n) is 6.62. The molecule has 8 heteroatoms. The summed E-state index contributed by atoms with van der Waals surface area (Å²) in [5.41, 5.74) is 2.70. The molecule has 2 amide bonds. The van der Waals surface area contributed by atoms with E-state index in [4.69, 9.17) is 21.1 Å². The van der Waals surface area contributed by atoms with Gasteiger partial charge in [0.2, 0.25) is 5.91 Å². The van der Waals surface area contributed by atoms with Crippen molar-refractivity contribution < 1.29 is 23.5 Å². The zero-order valence-corrected chi connectivity index (χ0v) is 21.4. The largest absolute Gasteiger partial charge is 0.497 e. The molecule has 0 spiro atoms. The minimum atomic E-state index is -0.803. The lowest BCUT2D eigenvalue weighted by molar-refractivity contribution is -0.118. The Morgan fingerprint density at radius 2 is 1.53 bits per heavy atom. The number of hydrogen-bond donors (Lipinski definition) is 1. The molecule has 0 fully saturated rings. The second kappa shape index (κ2) is 10.6. The summed E-state index contributed by atoms with van der Waals surface area (Å²) in [6, 6.07) is 24.8. The number of amides is 2. The van der Waals surface area contributed by atoms with Gasteiger partial charge < -0.3 is 14.8 Å². The van der Waals surface area contributed by atoms with Crippen LogP contribution in [0.4, 0.5) is 15.8 Å². The van der Waals surface area contributed by atoms with Crippen molar-refractivity contribution in [3.63, 3.8) is 0 Å². The van der Waals surface area contributed by atoms with Crippen LogP contribution >= 0.6 is 11.6 Å². The van der Waals surface area contributed by atoms with Crippen LogP contribution in [-0.2, 0) is 4.79 Å². The average Bonchev–Trinajstić information content (AvgIpc) is 2.95. The van der Waals surface area contributed by atoms with Crippen LogP contribution < -0.4 is 19.7 Å². The van der Waals surface area contributed by atoms with E-state index in [-0.39, 0.29) is 16.8 Å². The van der Waals surface area contributed by atoms with E-state index in [1.54, 1.807) is 79.8 Å². The summed E-state index contributed by atoms with van der Waals surface area (Å²) in [4.78, 5) is 29.6. The predicted octanol–water partition coefficient (Wildman–Crippen LogP) is 6.62. The molecule has 0 aromatic heterocycles. The van der Waals surface area contributed by atoms with Crippen molar-refractivity contribution in [3.05, 3.63) is 119 Å². The molecule has 0 unspecified atom stereocenters. The molecule has 5 rings (SSSR count). The number of anilines is 2. The molecule has 2 atom stereocenters. The highest BCUT2D eigenvalue weighted by atomic mass is 35.5. The Morgan fingerprint density at radius 1 is 0.895 bits per heavy atom. The lowest BCUT2D eigenvalue weighted by Gasteiger charge is -2.42. The van der Waals surface area contributed by atoms with Crippen LogP contribution in [0.1, 0.15) is 33.4 Å². The van der Waals surface area contributed by atoms with E-state index >= 15 is 0 Å². The second-order valence-electron chi connectivity index (χ2n) is 8.77. The van der Waals surface area contributed by atoms with Gasteiger partial charge in [-0.2, -0.15) is 0 Å². The maximum absolute atomic E-state index is 14.0. The molecule has 38 heavy (non-hydrogen) atoms. The molecule has 0 saturated carbocycles. The van der Waals surface area contributed by atoms with Crippen molar-refractivity contribution in [3.8, 4) is 11.5 Å². The molecule has 1 N–H and O–H groups in total. The van der Waals surface area contributed by atoms with Crippen LogP contribution in [0.5, 0.6) is 11.5 Å². The van der Waals surface area contributed by atoms with Gasteiger partial charge in [0, 0.05) is 16.9 Å². The Balaban J connectivity index is 1.67. The molecule has 0 saturated heterocycles. The van der Waals surface area contributed by atoms with Gasteiger partial charge in [-0.25, -0.2) is 4.39 Å². The van der Waals surface area contributed by atoms with E-state index in [1.165, 1.54) is 18.2 Å². The summed E-state index contributed by atoms with van der Waals surface area (Å²) in [6.07, 6.45) is 0. The molecule has 0 aliphatic carbocycles. The first-order valence-corrected chi connectivity index (χ1v) is 12.3. The smallest absolute Gasteiger partial charge is 0.259 e. The summed E-state index contributed by atoms with van der Waals surface area (Å²) in [6.45, 7) is 0. The zero-order chi connectivity index (χ0) is 26.8. The van der Waals surface area contributed by atoms with E-state index in [2.05, 4.69) is 5.32 Å². The topological polar surface area (TPSA) is 67.9 Å². The summed E-state index contributed by atoms with van der Waals surface area (Å²) >= 11 is 5.96. The fraction of sp³-hybridized carbons (Fsp3) is 0.133. The number of hydrogen-bond acceptors (Lipinski definition) is 4. The van der Waals surface area contributed by atoms with Crippen LogP contribution in [0.15, 0.2) is 91.0 Å². The Labute approximate surface area is 224 Å². The highest BCUT2D eigenvalue weighted by molar-refractivity contribution is 6.31. The van der Waals surface area contributed by atoms with Crippen molar-refractivity contribution in [1.82, 2.24) is 0 Å². The van der Waals surface area contributed by atoms with Gasteiger partial charge in [-0.1, -0.05) is 41.9 Å². The maximum atomic E-state index is 14.0. The highest BCUT2D eigenvalue weighted by Crippen LogP contribution is 2.46. The molecule has 0 radical (unpaired) electrons. The minimum absolute atomic E-state index is 0.103. The number of halogens is 2. The number of methoxy groups -OCH3 is 2. The molecule has 192 valence electrons. The first-order chi connectivity index (χ1) is 18.4. The third-order valence-corrected chi connectivity index (χ3v) is 6.91. The van der Waals surface area contributed by atoms with E-state index in [9.17, 15) is 14.0 Å². The van der Waals surface area contributed by atoms with E-state index in [0.717, 1.165) is 5.56 Å². The van der Waals surface area contributed by atoms with Gasteiger partial charge in [-0.3, -0.25) is 14.5 Å². The highest BCUT2D eigenvalue weighted by Gasteiger charge is 2.45. The lowest BCUT2D eigenvalue weighted by atomic mass is 9.78. The Bertz CT molecular complexity index is 1490. The van der Waals surface area contributed by atoms with Crippen LogP contribution in [0, 0.1) is 5.82 Å². The minimum Gasteiger partial charge on any atom is -0.497 e. The average molecular weight is 531 g/mol. The normalized spacial score (nSPS) is 16.5. The van der Waals surface area contributed by atoms with E-state index in [0.29, 0.717) is 34.0 Å². The number of carbonyl (C=O) groups is 2. The summed E-state index contributed by atoms with van der Waals surface area (Å²) in [5.74, 6) is -0.702. The van der Waals surface area contributed by atoms with Crippen LogP contribution in [0.25, 0.3) is 0 Å². The fourth-order valence-electron chi connectivity index (χ4n) is 4.78. The third kappa shape index (κ3) is 4.68. The molecule has 1 aliphatic heterocycles. The van der Waals surface area contributed by atoms with E-state index < -0.39 is 17.8 Å². The van der Waals surface area contributed by atoms with Crippen molar-refractivity contribution in [2.75, 3.05) is 24.4 Å². The fourth-order valence-corrected chi connectivity index (χ4v) is 4.96. The molecule has 4 aromatic carbocycles. The van der Waals surface area contributed by atoms with Crippen LogP contribution in [-0.4, -0.2) is 26.0 Å². The Kier molecular flexibility index (Phi) is 7.03. The SMILES string of the molecule is COc1ccc([C@@H]2[C@@H](C(=O)Nc3ccc(F)c(Cl)c3)c3ccccc3C(=O)N2c2ccc(OC)cc2)cc1. The molecular formula is C30H24ClFN2O4. The summed E-state index contributed by atoms with van der Waals surface area (Å²) in [7, 11) is 3.14. The van der Waals surface area contributed by atoms with Crippen molar-refractivity contribution in [1.29, 1.82) is 0 Å². The number of nitrogens with zero attached hydrogens (tertiary/aromatic N) is 1. The van der Waals surface area contributed by atoms with Crippen molar-refractivity contribution in [2.45, 2.75) is 12.0 Å². The first kappa shape index (κ1) is 25.3. The van der Waals surface area contributed by atoms with Gasteiger partial charge >= 0.3 is 0 Å². The molecule has 4 aromatic rings. The van der Waals surface area contributed by atoms with Gasteiger partial charge in [-0.15, -0.1) is 0 Å². The van der Waals surface area contributed by atoms with Crippen LogP contribution in [0.3, 0.4) is 0 Å². The van der Waals surface area contributed by atoms with Gasteiger partial charge in [0.1, 0.15) is 17.3 Å². The molecule has 0 bridgehead atoms. The Morgan fingerprint density at radius 3 is 2.16 bits per heavy atom. The lowest BCUT2D eigenvalue weighted by Crippen LogP contribution is -2.46. The molecule has 1 heterocycles. The summed E-state index contributed by atoms with van der Waals surface area (Å²) in [5, 5.41) is 2.77. The Hall–Kier alpha value is -4.36. The summed E-state index contributed by atoms with van der Waals surface area (Å²) < 4.78 is 24.4. The van der Waals surface area contributed by atoms with Gasteiger partial charge in [-0.05, 0) is 71.8 Å². The van der Waals surface area contributed by atoms with Crippen molar-refractivity contribution in [2.24, 2.45) is 0 Å². The number of rotatable bonds is 6. The van der Waals surface area contributed by atoms with Gasteiger partial charge in [0.25, 0.3) is 5.91 Å². The molecule has 6 nitrogen and oxygen atoms in total. The number of nitrogens with one attached hydrogen (secondary N) is 1. The van der Waals surface area contributed by atoms with E-state index in [1.807, 2.05) is 12.1 Å². The second-order valence-corrected chi connectivity index (χ2v) is 9.18. The van der Waals surface area contributed by atoms with Gasteiger partial charge in [0.05, 0.1) is 31.2 Å². The maximum Gasteiger partial charge on any atom is 0.259 e. The first-order valence-electron chi connectivity index (χ1n) is 11.9. The van der Waals surface area contributed by atoms with Crippen LogP contribution in [0.2, 0.25) is 5.02 Å².